The molecule has 0 unspecified atom stereocenters. The Morgan fingerprint density at radius 1 is 1.04 bits per heavy atom. The molecule has 0 aliphatic heterocycles. The number of H-pyrrole nitrogens is 1. The number of furan rings is 1. The van der Waals surface area contributed by atoms with Crippen LogP contribution in [-0.2, 0) is 15.6 Å². The van der Waals surface area contributed by atoms with Gasteiger partial charge in [-0.2, -0.15) is 0 Å². The number of fused-ring (bicyclic) bond motifs is 2. The van der Waals surface area contributed by atoms with E-state index in [0.29, 0.717) is 0 Å². The van der Waals surface area contributed by atoms with Gasteiger partial charge < -0.3 is 14.7 Å². The van der Waals surface area contributed by atoms with Crippen molar-refractivity contribution in [2.45, 2.75) is 44.4 Å². The van der Waals surface area contributed by atoms with E-state index in [9.17, 15) is 4.79 Å². The molecule has 28 heavy (non-hydrogen) atoms. The monoisotopic (exact) mass is 372 g/mol. The second kappa shape index (κ2) is 5.74. The number of nitrogens with one attached hydrogen (secondary N) is 2. The molecule has 1 fully saturated rings. The first-order valence-electron chi connectivity index (χ1n) is 9.78. The molecule has 142 valence electrons. The third-order valence-corrected chi connectivity index (χ3v) is 5.88. The summed E-state index contributed by atoms with van der Waals surface area (Å²) >= 11 is 0. The second-order valence-corrected chi connectivity index (χ2v) is 8.94. The Balaban J connectivity index is 1.43. The maximum atomic E-state index is 13.1. The summed E-state index contributed by atoms with van der Waals surface area (Å²) in [4.78, 5) is 16.6. The third kappa shape index (κ3) is 2.71. The lowest BCUT2D eigenvalue weighted by atomic mass is 9.92. The van der Waals surface area contributed by atoms with Crippen LogP contribution in [0.3, 0.4) is 0 Å². The summed E-state index contributed by atoms with van der Waals surface area (Å²) in [6.45, 7) is 6.56. The third-order valence-electron chi connectivity index (χ3n) is 5.88. The predicted octanol–water partition coefficient (Wildman–Crippen LogP) is 5.88. The summed E-state index contributed by atoms with van der Waals surface area (Å²) < 4.78 is 5.52. The standard InChI is InChI=1S/C24H24N2O2/c1-23(2,3)21-13-16-12-18(6-7-19(16)26-21)25-22(27)24(9-10-24)17-5-4-15-8-11-28-20(15)14-17/h4-8,11-14,26H,9-10H2,1-3H3,(H,25,27). The summed E-state index contributed by atoms with van der Waals surface area (Å²) in [6.07, 6.45) is 3.42. The Kier molecular flexibility index (Phi) is 3.51. The first-order valence-corrected chi connectivity index (χ1v) is 9.78. The summed E-state index contributed by atoms with van der Waals surface area (Å²) in [5.41, 5.74) is 4.60. The van der Waals surface area contributed by atoms with E-state index >= 15 is 0 Å². The molecule has 1 aliphatic carbocycles. The molecule has 4 heteroatoms. The quantitative estimate of drug-likeness (QED) is 0.472. The van der Waals surface area contributed by atoms with Crippen molar-refractivity contribution in [3.8, 4) is 0 Å². The van der Waals surface area contributed by atoms with E-state index in [1.54, 1.807) is 6.26 Å². The smallest absolute Gasteiger partial charge is 0.235 e. The average Bonchev–Trinajstić information content (AvgIpc) is 3.13. The maximum Gasteiger partial charge on any atom is 0.235 e. The van der Waals surface area contributed by atoms with Crippen molar-refractivity contribution in [3.05, 3.63) is 66.1 Å². The number of amides is 1. The van der Waals surface area contributed by atoms with Crippen LogP contribution in [0.5, 0.6) is 0 Å². The van der Waals surface area contributed by atoms with E-state index in [1.165, 1.54) is 5.69 Å². The molecular formula is C24H24N2O2. The highest BCUT2D eigenvalue weighted by atomic mass is 16.3. The molecule has 0 saturated heterocycles. The van der Waals surface area contributed by atoms with E-state index in [-0.39, 0.29) is 11.3 Å². The molecule has 4 aromatic rings. The van der Waals surface area contributed by atoms with Crippen molar-refractivity contribution >= 4 is 33.5 Å². The van der Waals surface area contributed by atoms with Gasteiger partial charge in [-0.25, -0.2) is 0 Å². The Morgan fingerprint density at radius 3 is 2.61 bits per heavy atom. The molecule has 0 spiro atoms. The molecule has 0 bridgehead atoms. The van der Waals surface area contributed by atoms with Crippen LogP contribution in [0.4, 0.5) is 5.69 Å². The summed E-state index contributed by atoms with van der Waals surface area (Å²) in [6, 6.07) is 16.2. The number of aromatic nitrogens is 1. The van der Waals surface area contributed by atoms with E-state index in [2.05, 4.69) is 43.2 Å². The maximum absolute atomic E-state index is 13.1. The fourth-order valence-electron chi connectivity index (χ4n) is 3.89. The fraction of sp³-hybridized carbons (Fsp3) is 0.292. The minimum Gasteiger partial charge on any atom is -0.464 e. The largest absolute Gasteiger partial charge is 0.464 e. The van der Waals surface area contributed by atoms with Gasteiger partial charge in [0.25, 0.3) is 0 Å². The van der Waals surface area contributed by atoms with Crippen molar-refractivity contribution in [1.29, 1.82) is 0 Å². The number of carbonyl (C=O) groups is 1. The Morgan fingerprint density at radius 2 is 1.86 bits per heavy atom. The first kappa shape index (κ1) is 17.1. The van der Waals surface area contributed by atoms with Crippen LogP contribution in [0.2, 0.25) is 0 Å². The molecule has 0 radical (unpaired) electrons. The lowest BCUT2D eigenvalue weighted by Crippen LogP contribution is -2.27. The van der Waals surface area contributed by atoms with E-state index in [0.717, 1.165) is 46.0 Å². The van der Waals surface area contributed by atoms with Crippen LogP contribution in [0, 0.1) is 0 Å². The molecule has 1 amide bonds. The van der Waals surface area contributed by atoms with Crippen LogP contribution >= 0.6 is 0 Å². The summed E-state index contributed by atoms with van der Waals surface area (Å²) in [7, 11) is 0. The lowest BCUT2D eigenvalue weighted by Gasteiger charge is -2.16. The van der Waals surface area contributed by atoms with Crippen LogP contribution in [-0.4, -0.2) is 10.9 Å². The zero-order chi connectivity index (χ0) is 19.5. The van der Waals surface area contributed by atoms with Gasteiger partial charge in [0.05, 0.1) is 11.7 Å². The van der Waals surface area contributed by atoms with Crippen LogP contribution in [0.15, 0.2) is 59.2 Å². The van der Waals surface area contributed by atoms with E-state index in [1.807, 2.05) is 36.4 Å². The number of anilines is 1. The van der Waals surface area contributed by atoms with Gasteiger partial charge in [-0.1, -0.05) is 32.9 Å². The van der Waals surface area contributed by atoms with E-state index < -0.39 is 5.41 Å². The summed E-state index contributed by atoms with van der Waals surface area (Å²) in [5.74, 6) is 0.0596. The first-order chi connectivity index (χ1) is 13.3. The molecule has 2 N–H and O–H groups in total. The van der Waals surface area contributed by atoms with Crippen molar-refractivity contribution < 1.29 is 9.21 Å². The lowest BCUT2D eigenvalue weighted by molar-refractivity contribution is -0.118. The van der Waals surface area contributed by atoms with Gasteiger partial charge in [0.15, 0.2) is 0 Å². The van der Waals surface area contributed by atoms with Crippen molar-refractivity contribution in [2.24, 2.45) is 0 Å². The normalized spacial score (nSPS) is 15.8. The molecule has 4 nitrogen and oxygen atoms in total. The number of carbonyl (C=O) groups excluding carboxylic acids is 1. The molecule has 2 aromatic carbocycles. The fourth-order valence-corrected chi connectivity index (χ4v) is 3.89. The second-order valence-electron chi connectivity index (χ2n) is 8.94. The van der Waals surface area contributed by atoms with Gasteiger partial charge in [-0.15, -0.1) is 0 Å². The topological polar surface area (TPSA) is 58.0 Å². The minimum absolute atomic E-state index is 0.0596. The van der Waals surface area contributed by atoms with Crippen molar-refractivity contribution in [3.63, 3.8) is 0 Å². The van der Waals surface area contributed by atoms with E-state index in [4.69, 9.17) is 4.42 Å². The molecule has 0 atom stereocenters. The number of aromatic amines is 1. The molecule has 1 saturated carbocycles. The highest BCUT2D eigenvalue weighted by Gasteiger charge is 2.51. The zero-order valence-electron chi connectivity index (χ0n) is 16.4. The van der Waals surface area contributed by atoms with Gasteiger partial charge in [0.2, 0.25) is 5.91 Å². The Bertz CT molecular complexity index is 1200. The molecule has 2 heterocycles. The number of benzene rings is 2. The van der Waals surface area contributed by atoms with Gasteiger partial charge in [0, 0.05) is 33.1 Å². The highest BCUT2D eigenvalue weighted by molar-refractivity contribution is 6.03. The van der Waals surface area contributed by atoms with Crippen molar-refractivity contribution in [2.75, 3.05) is 5.32 Å². The van der Waals surface area contributed by atoms with Crippen molar-refractivity contribution in [1.82, 2.24) is 4.98 Å². The summed E-state index contributed by atoms with van der Waals surface area (Å²) in [5, 5.41) is 5.32. The molecular weight excluding hydrogens is 348 g/mol. The molecule has 1 aliphatic rings. The zero-order valence-corrected chi connectivity index (χ0v) is 16.4. The van der Waals surface area contributed by atoms with Gasteiger partial charge in [-0.05, 0) is 54.8 Å². The molecule has 2 aromatic heterocycles. The number of rotatable bonds is 3. The van der Waals surface area contributed by atoms with Gasteiger partial charge >= 0.3 is 0 Å². The van der Waals surface area contributed by atoms with Crippen LogP contribution < -0.4 is 5.32 Å². The van der Waals surface area contributed by atoms with Crippen LogP contribution in [0.1, 0.15) is 44.9 Å². The Labute approximate surface area is 163 Å². The highest BCUT2D eigenvalue weighted by Crippen LogP contribution is 2.49. The van der Waals surface area contributed by atoms with Gasteiger partial charge in [0.1, 0.15) is 5.58 Å². The average molecular weight is 372 g/mol. The SMILES string of the molecule is CC(C)(C)c1cc2cc(NC(=O)C3(c4ccc5ccoc5c4)CC3)ccc2[nH]1. The van der Waals surface area contributed by atoms with Gasteiger partial charge in [-0.3, -0.25) is 4.79 Å². The minimum atomic E-state index is -0.440. The van der Waals surface area contributed by atoms with Crippen LogP contribution in [0.25, 0.3) is 21.9 Å². The predicted molar refractivity (Wildman–Crippen MR) is 113 cm³/mol. The number of hydrogen-bond donors (Lipinski definition) is 2. The number of hydrogen-bond acceptors (Lipinski definition) is 2. The molecule has 5 rings (SSSR count). The Hall–Kier alpha value is -3.01.